The zero-order chi connectivity index (χ0) is 12.7. The predicted octanol–water partition coefficient (Wildman–Crippen LogP) is 0.657. The molecular weight excluding hydrogens is 216 g/mol. The summed E-state index contributed by atoms with van der Waals surface area (Å²) in [5, 5.41) is 9.35. The zero-order valence-electron chi connectivity index (χ0n) is 11.6. The molecule has 1 atom stereocenters. The van der Waals surface area contributed by atoms with Crippen molar-refractivity contribution < 1.29 is 9.84 Å². The molecule has 0 aromatic carbocycles. The van der Waals surface area contributed by atoms with Gasteiger partial charge < -0.3 is 19.6 Å². The van der Waals surface area contributed by atoms with Crippen molar-refractivity contribution in [2.45, 2.75) is 25.9 Å². The number of methoxy groups -OCH3 is 1. The molecule has 0 unspecified atom stereocenters. The first-order valence-electron chi connectivity index (χ1n) is 6.69. The second kappa shape index (κ2) is 8.03. The maximum Gasteiger partial charge on any atom is 0.0639 e. The third kappa shape index (κ3) is 6.36. The Labute approximate surface area is 106 Å². The van der Waals surface area contributed by atoms with Crippen molar-refractivity contribution in [3.05, 3.63) is 0 Å². The average Bonchev–Trinajstić information content (AvgIpc) is 2.28. The van der Waals surface area contributed by atoms with Crippen molar-refractivity contribution in [1.82, 2.24) is 9.80 Å². The quantitative estimate of drug-likeness (QED) is 0.713. The van der Waals surface area contributed by atoms with Crippen LogP contribution in [0, 0.1) is 5.92 Å². The fraction of sp³-hybridized carbons (Fsp3) is 1.00. The van der Waals surface area contributed by atoms with E-state index < -0.39 is 0 Å². The van der Waals surface area contributed by atoms with E-state index in [2.05, 4.69) is 16.8 Å². The smallest absolute Gasteiger partial charge is 0.0639 e. The number of rotatable bonds is 7. The molecule has 0 radical (unpaired) electrons. The van der Waals surface area contributed by atoms with Gasteiger partial charge in [-0.05, 0) is 45.8 Å². The van der Waals surface area contributed by atoms with E-state index in [0.717, 1.165) is 38.7 Å². The minimum absolute atomic E-state index is 0.198. The molecule has 1 N–H and O–H groups in total. The summed E-state index contributed by atoms with van der Waals surface area (Å²) < 4.78 is 5.08. The summed E-state index contributed by atoms with van der Waals surface area (Å²) in [4.78, 5) is 4.73. The number of nitrogens with zero attached hydrogens (tertiary/aromatic N) is 2. The Hall–Kier alpha value is -0.160. The standard InChI is InChI=1S/C13H28N2O2/c1-12(16)10-15-6-4-13(5-7-15)11-14(2)8-9-17-3/h12-13,16H,4-11H2,1-3H3/t12-/m0/s1. The zero-order valence-corrected chi connectivity index (χ0v) is 11.6. The lowest BCUT2D eigenvalue weighted by Crippen LogP contribution is -2.41. The van der Waals surface area contributed by atoms with Gasteiger partial charge in [0.15, 0.2) is 0 Å². The Morgan fingerprint density at radius 2 is 2.06 bits per heavy atom. The molecule has 1 rings (SSSR count). The van der Waals surface area contributed by atoms with Crippen LogP contribution in [0.15, 0.2) is 0 Å². The third-order valence-electron chi connectivity index (χ3n) is 3.48. The molecule has 0 amide bonds. The minimum Gasteiger partial charge on any atom is -0.392 e. The molecule has 0 bridgehead atoms. The summed E-state index contributed by atoms with van der Waals surface area (Å²) in [5.41, 5.74) is 0. The van der Waals surface area contributed by atoms with Crippen LogP contribution in [0.2, 0.25) is 0 Å². The Morgan fingerprint density at radius 1 is 1.41 bits per heavy atom. The highest BCUT2D eigenvalue weighted by Gasteiger charge is 2.20. The summed E-state index contributed by atoms with van der Waals surface area (Å²) in [6.45, 7) is 7.96. The molecule has 102 valence electrons. The maximum atomic E-state index is 9.35. The molecule has 4 heteroatoms. The lowest BCUT2D eigenvalue weighted by Gasteiger charge is -2.34. The van der Waals surface area contributed by atoms with Gasteiger partial charge in [-0.1, -0.05) is 0 Å². The van der Waals surface area contributed by atoms with Crippen molar-refractivity contribution in [1.29, 1.82) is 0 Å². The molecule has 0 aromatic heterocycles. The summed E-state index contributed by atoms with van der Waals surface area (Å²) >= 11 is 0. The van der Waals surface area contributed by atoms with E-state index in [1.165, 1.54) is 19.4 Å². The van der Waals surface area contributed by atoms with Crippen LogP contribution in [0.3, 0.4) is 0 Å². The molecule has 1 heterocycles. The molecule has 17 heavy (non-hydrogen) atoms. The first-order valence-corrected chi connectivity index (χ1v) is 6.69. The van der Waals surface area contributed by atoms with E-state index >= 15 is 0 Å². The molecule has 1 fully saturated rings. The van der Waals surface area contributed by atoms with E-state index in [-0.39, 0.29) is 6.10 Å². The van der Waals surface area contributed by atoms with E-state index in [1.54, 1.807) is 7.11 Å². The lowest BCUT2D eigenvalue weighted by molar-refractivity contribution is 0.0881. The monoisotopic (exact) mass is 244 g/mol. The largest absolute Gasteiger partial charge is 0.392 e. The van der Waals surface area contributed by atoms with Crippen molar-refractivity contribution in [2.24, 2.45) is 5.92 Å². The van der Waals surface area contributed by atoms with Gasteiger partial charge >= 0.3 is 0 Å². The molecule has 0 aromatic rings. The number of likely N-dealkylation sites (N-methyl/N-ethyl adjacent to an activating group) is 1. The van der Waals surface area contributed by atoms with Crippen LogP contribution in [0.25, 0.3) is 0 Å². The average molecular weight is 244 g/mol. The number of ether oxygens (including phenoxy) is 1. The van der Waals surface area contributed by atoms with Crippen LogP contribution in [0.5, 0.6) is 0 Å². The van der Waals surface area contributed by atoms with Gasteiger partial charge in [-0.3, -0.25) is 0 Å². The maximum absolute atomic E-state index is 9.35. The van der Waals surface area contributed by atoms with Crippen LogP contribution in [0.1, 0.15) is 19.8 Å². The molecule has 0 saturated carbocycles. The van der Waals surface area contributed by atoms with Gasteiger partial charge in [-0.25, -0.2) is 0 Å². The van der Waals surface area contributed by atoms with E-state index in [4.69, 9.17) is 4.74 Å². The number of likely N-dealkylation sites (tertiary alicyclic amines) is 1. The Morgan fingerprint density at radius 3 is 2.59 bits per heavy atom. The van der Waals surface area contributed by atoms with Gasteiger partial charge in [0.2, 0.25) is 0 Å². The van der Waals surface area contributed by atoms with E-state index in [0.29, 0.717) is 0 Å². The molecule has 1 saturated heterocycles. The second-order valence-corrected chi connectivity index (χ2v) is 5.35. The van der Waals surface area contributed by atoms with Gasteiger partial charge in [0.1, 0.15) is 0 Å². The molecule has 1 aliphatic rings. The molecular formula is C13H28N2O2. The summed E-state index contributed by atoms with van der Waals surface area (Å²) in [6.07, 6.45) is 2.31. The van der Waals surface area contributed by atoms with Gasteiger partial charge in [0.25, 0.3) is 0 Å². The van der Waals surface area contributed by atoms with Crippen molar-refractivity contribution >= 4 is 0 Å². The highest BCUT2D eigenvalue weighted by Crippen LogP contribution is 2.18. The Balaban J connectivity index is 2.14. The van der Waals surface area contributed by atoms with E-state index in [9.17, 15) is 5.11 Å². The van der Waals surface area contributed by atoms with Crippen LogP contribution < -0.4 is 0 Å². The van der Waals surface area contributed by atoms with Crippen molar-refractivity contribution in [2.75, 3.05) is 53.5 Å². The fourth-order valence-electron chi connectivity index (χ4n) is 2.50. The molecule has 4 nitrogen and oxygen atoms in total. The highest BCUT2D eigenvalue weighted by molar-refractivity contribution is 4.75. The third-order valence-corrected chi connectivity index (χ3v) is 3.48. The number of hydrogen-bond donors (Lipinski definition) is 1. The van der Waals surface area contributed by atoms with Gasteiger partial charge in [0.05, 0.1) is 12.7 Å². The Bertz CT molecular complexity index is 192. The normalized spacial score (nSPS) is 21.0. The number of β-amino-alcohol motifs (C(OH)–C–C–N with tert-alkyl or cyclic N) is 1. The summed E-state index contributed by atoms with van der Waals surface area (Å²) in [5.74, 6) is 0.808. The molecule has 1 aliphatic heterocycles. The second-order valence-electron chi connectivity index (χ2n) is 5.35. The van der Waals surface area contributed by atoms with Crippen LogP contribution >= 0.6 is 0 Å². The SMILES string of the molecule is COCCN(C)CC1CCN(C[C@H](C)O)CC1. The van der Waals surface area contributed by atoms with Gasteiger partial charge in [-0.2, -0.15) is 0 Å². The Kier molecular flexibility index (Phi) is 7.04. The minimum atomic E-state index is -0.198. The molecule has 0 spiro atoms. The van der Waals surface area contributed by atoms with Gasteiger partial charge in [0, 0.05) is 26.7 Å². The summed E-state index contributed by atoms with van der Waals surface area (Å²) in [6, 6.07) is 0. The first kappa shape index (κ1) is 14.9. The molecule has 0 aliphatic carbocycles. The fourth-order valence-corrected chi connectivity index (χ4v) is 2.50. The highest BCUT2D eigenvalue weighted by atomic mass is 16.5. The topological polar surface area (TPSA) is 35.9 Å². The predicted molar refractivity (Wildman–Crippen MR) is 70.2 cm³/mol. The number of aliphatic hydroxyl groups excluding tert-OH is 1. The first-order chi connectivity index (χ1) is 8.11. The number of piperidine rings is 1. The van der Waals surface area contributed by atoms with E-state index in [1.807, 2.05) is 6.92 Å². The van der Waals surface area contributed by atoms with Gasteiger partial charge in [-0.15, -0.1) is 0 Å². The van der Waals surface area contributed by atoms with Crippen LogP contribution in [-0.2, 0) is 4.74 Å². The lowest BCUT2D eigenvalue weighted by atomic mass is 9.96. The summed E-state index contributed by atoms with van der Waals surface area (Å²) in [7, 11) is 3.92. The van der Waals surface area contributed by atoms with Crippen molar-refractivity contribution in [3.63, 3.8) is 0 Å². The number of hydrogen-bond acceptors (Lipinski definition) is 4. The van der Waals surface area contributed by atoms with Crippen LogP contribution in [-0.4, -0.2) is 74.5 Å². The van der Waals surface area contributed by atoms with Crippen molar-refractivity contribution in [3.8, 4) is 0 Å². The number of aliphatic hydroxyl groups is 1. The van der Waals surface area contributed by atoms with Crippen LogP contribution in [0.4, 0.5) is 0 Å².